The average molecular weight is 554 g/mol. The summed E-state index contributed by atoms with van der Waals surface area (Å²) >= 11 is 0. The second-order valence-electron chi connectivity index (χ2n) is 11.5. The van der Waals surface area contributed by atoms with Gasteiger partial charge in [-0.25, -0.2) is 4.58 Å². The molecule has 0 N–H and O–H groups in total. The number of ketones is 1. The Balaban J connectivity index is 1.33. The molecule has 5 rings (SSSR count). The van der Waals surface area contributed by atoms with E-state index < -0.39 is 0 Å². The average Bonchev–Trinajstić information content (AvgIpc) is 3.59. The van der Waals surface area contributed by atoms with Crippen molar-refractivity contribution in [3.63, 3.8) is 0 Å². The van der Waals surface area contributed by atoms with E-state index in [1.54, 1.807) is 15.7 Å². The first-order chi connectivity index (χ1) is 19.8. The van der Waals surface area contributed by atoms with Crippen LogP contribution in [0.25, 0.3) is 11.0 Å². The lowest BCUT2D eigenvalue weighted by molar-refractivity contribution is -0.405. The number of carbonyl (C=O) groups is 3. The van der Waals surface area contributed by atoms with Gasteiger partial charge in [0.05, 0.1) is 25.2 Å². The molecule has 0 spiro atoms. The van der Waals surface area contributed by atoms with Gasteiger partial charge in [0, 0.05) is 37.5 Å². The zero-order valence-electron chi connectivity index (χ0n) is 24.0. The van der Waals surface area contributed by atoms with Crippen molar-refractivity contribution in [3.05, 3.63) is 54.0 Å². The molecule has 2 aliphatic rings. The van der Waals surface area contributed by atoms with Crippen LogP contribution < -0.4 is 0 Å². The van der Waals surface area contributed by atoms with Crippen molar-refractivity contribution in [2.24, 2.45) is 17.8 Å². The lowest BCUT2D eigenvalue weighted by Gasteiger charge is -2.34. The molecule has 9 heteroatoms. The fourth-order valence-electron chi connectivity index (χ4n) is 6.14. The maximum atomic E-state index is 13.6. The second kappa shape index (κ2) is 12.1. The van der Waals surface area contributed by atoms with Gasteiger partial charge in [-0.3, -0.25) is 19.0 Å². The van der Waals surface area contributed by atoms with Crippen LogP contribution in [0.3, 0.4) is 0 Å². The van der Waals surface area contributed by atoms with E-state index in [-0.39, 0.29) is 36.0 Å². The molecule has 1 amide bonds. The monoisotopic (exact) mass is 553 g/mol. The van der Waals surface area contributed by atoms with Gasteiger partial charge in [-0.2, -0.15) is 10.2 Å². The summed E-state index contributed by atoms with van der Waals surface area (Å²) < 4.78 is 3.55. The Morgan fingerprint density at radius 3 is 2.68 bits per heavy atom. The minimum Gasteiger partial charge on any atom is -0.341 e. The van der Waals surface area contributed by atoms with Gasteiger partial charge >= 0.3 is 5.82 Å². The molecule has 0 bridgehead atoms. The molecular formula is C32H37N6O3+. The van der Waals surface area contributed by atoms with E-state index in [2.05, 4.69) is 23.1 Å². The highest BCUT2D eigenvalue weighted by Gasteiger charge is 2.30. The number of carbonyl (C=O) groups excluding carboxylic acids is 3. The van der Waals surface area contributed by atoms with Crippen molar-refractivity contribution in [2.75, 3.05) is 20.1 Å². The van der Waals surface area contributed by atoms with E-state index in [4.69, 9.17) is 5.26 Å². The zero-order chi connectivity index (χ0) is 29.1. The molecule has 1 saturated heterocycles. The minimum atomic E-state index is -0.379. The Labute approximate surface area is 240 Å². The van der Waals surface area contributed by atoms with Crippen molar-refractivity contribution in [3.8, 4) is 6.07 Å². The summed E-state index contributed by atoms with van der Waals surface area (Å²) in [5, 5.41) is 9.69. The van der Waals surface area contributed by atoms with Crippen LogP contribution in [0, 0.1) is 29.1 Å². The fraction of sp³-hybridized carbons (Fsp3) is 0.469. The molecule has 9 nitrogen and oxygen atoms in total. The third-order valence-corrected chi connectivity index (χ3v) is 8.81. The molecule has 2 fully saturated rings. The zero-order valence-corrected chi connectivity index (χ0v) is 24.0. The molecule has 1 aliphatic carbocycles. The minimum absolute atomic E-state index is 0.0810. The standard InChI is InChI=1S/C32H37N6O3/c1-21-12-15-37(29(40)11-14-33)19-26(21)18-36(3)30-27-13-16-38(31(27)35-20-34-30)32(41)22(2)24-9-7-23(8-10-24)17-25-5-4-6-28(25)39/h7-10,13,16,18,20-22,25-26H,4-6,11-12,15,17,19H2,1-3H3/q+1/t21-,22?,25?,26?/m1/s1. The van der Waals surface area contributed by atoms with E-state index in [9.17, 15) is 14.4 Å². The van der Waals surface area contributed by atoms with E-state index in [1.165, 1.54) is 6.33 Å². The number of hydrogen-bond donors (Lipinski definition) is 0. The van der Waals surface area contributed by atoms with E-state index in [0.717, 1.165) is 42.2 Å². The van der Waals surface area contributed by atoms with Crippen LogP contribution in [0.4, 0.5) is 5.82 Å². The molecule has 4 atom stereocenters. The number of likely N-dealkylation sites (tertiary alicyclic amines) is 1. The number of Topliss-reactive ketones (excluding diaryl/α,β-unsaturated/α-hetero) is 1. The lowest BCUT2D eigenvalue weighted by atomic mass is 9.87. The molecular weight excluding hydrogens is 516 g/mol. The smallest absolute Gasteiger partial charge is 0.335 e. The van der Waals surface area contributed by atoms with Crippen LogP contribution in [0.2, 0.25) is 0 Å². The number of nitriles is 1. The number of piperidine rings is 1. The van der Waals surface area contributed by atoms with Crippen LogP contribution >= 0.6 is 0 Å². The molecule has 0 radical (unpaired) electrons. The first-order valence-electron chi connectivity index (χ1n) is 14.5. The van der Waals surface area contributed by atoms with Crippen molar-refractivity contribution < 1.29 is 19.0 Å². The normalized spacial score (nSPS) is 22.1. The van der Waals surface area contributed by atoms with Gasteiger partial charge < -0.3 is 4.90 Å². The lowest BCUT2D eigenvalue weighted by Crippen LogP contribution is -2.44. The van der Waals surface area contributed by atoms with Crippen molar-refractivity contribution in [1.82, 2.24) is 19.4 Å². The number of rotatable bonds is 7. The van der Waals surface area contributed by atoms with Gasteiger partial charge in [-0.1, -0.05) is 31.2 Å². The molecule has 3 heterocycles. The van der Waals surface area contributed by atoms with Crippen molar-refractivity contribution in [2.45, 2.75) is 58.3 Å². The summed E-state index contributed by atoms with van der Waals surface area (Å²) in [6.45, 7) is 5.30. The Morgan fingerprint density at radius 1 is 1.20 bits per heavy atom. The quantitative estimate of drug-likeness (QED) is 0.314. The van der Waals surface area contributed by atoms with Gasteiger partial charge in [0.15, 0.2) is 5.65 Å². The highest BCUT2D eigenvalue weighted by Crippen LogP contribution is 2.29. The van der Waals surface area contributed by atoms with Crippen molar-refractivity contribution >= 4 is 40.7 Å². The number of aromatic nitrogens is 3. The maximum absolute atomic E-state index is 13.6. The third kappa shape index (κ3) is 5.97. The summed E-state index contributed by atoms with van der Waals surface area (Å²) in [5.74, 6) is 1.07. The third-order valence-electron chi connectivity index (χ3n) is 8.81. The first kappa shape index (κ1) is 28.3. The van der Waals surface area contributed by atoms with Crippen LogP contribution in [-0.4, -0.2) is 68.0 Å². The van der Waals surface area contributed by atoms with Gasteiger partial charge in [0.2, 0.25) is 18.1 Å². The molecule has 3 aromatic rings. The SMILES string of the molecule is CC(C(=O)n1ccc2c([N+](C)=CC3CN(C(=O)CC#N)CC[C@H]3C)ncnc21)c1ccc(CC2CCCC2=O)cc1. The van der Waals surface area contributed by atoms with Crippen LogP contribution in [0.15, 0.2) is 42.9 Å². The van der Waals surface area contributed by atoms with Gasteiger partial charge in [-0.15, -0.1) is 0 Å². The molecule has 1 aliphatic heterocycles. The number of fused-ring (bicyclic) bond motifs is 1. The Morgan fingerprint density at radius 2 is 1.98 bits per heavy atom. The Bertz CT molecular complexity index is 1530. The highest BCUT2D eigenvalue weighted by atomic mass is 16.2. The van der Waals surface area contributed by atoms with E-state index in [0.29, 0.717) is 42.7 Å². The van der Waals surface area contributed by atoms with Crippen LogP contribution in [-0.2, 0) is 16.0 Å². The molecule has 3 unspecified atom stereocenters. The molecule has 2 aromatic heterocycles. The molecule has 1 aromatic carbocycles. The molecule has 1 saturated carbocycles. The first-order valence-corrected chi connectivity index (χ1v) is 14.5. The Kier molecular flexibility index (Phi) is 8.39. The summed E-state index contributed by atoms with van der Waals surface area (Å²) in [6, 6.07) is 11.9. The predicted molar refractivity (Wildman–Crippen MR) is 155 cm³/mol. The van der Waals surface area contributed by atoms with Crippen molar-refractivity contribution in [1.29, 1.82) is 5.26 Å². The van der Waals surface area contributed by atoms with Crippen LogP contribution in [0.1, 0.15) is 67.8 Å². The summed E-state index contributed by atoms with van der Waals surface area (Å²) in [5.41, 5.74) is 2.59. The van der Waals surface area contributed by atoms with Gasteiger partial charge in [0.1, 0.15) is 17.6 Å². The Hall–Kier alpha value is -4.19. The number of hydrogen-bond acceptors (Lipinski definition) is 6. The number of nitrogens with zero attached hydrogens (tertiary/aromatic N) is 6. The summed E-state index contributed by atoms with van der Waals surface area (Å²) in [6.07, 6.45) is 9.49. The summed E-state index contributed by atoms with van der Waals surface area (Å²) in [7, 11) is 1.92. The fourth-order valence-corrected chi connectivity index (χ4v) is 6.14. The van der Waals surface area contributed by atoms with E-state index in [1.807, 2.05) is 54.9 Å². The largest absolute Gasteiger partial charge is 0.341 e. The van der Waals surface area contributed by atoms with E-state index >= 15 is 0 Å². The topological polar surface area (TPSA) is 112 Å². The van der Waals surface area contributed by atoms with Crippen LogP contribution in [0.5, 0.6) is 0 Å². The number of benzene rings is 1. The molecule has 41 heavy (non-hydrogen) atoms. The highest BCUT2D eigenvalue weighted by molar-refractivity contribution is 5.96. The van der Waals surface area contributed by atoms with Gasteiger partial charge in [0.25, 0.3) is 0 Å². The number of amides is 1. The summed E-state index contributed by atoms with van der Waals surface area (Å²) in [4.78, 5) is 48.7. The maximum Gasteiger partial charge on any atom is 0.335 e. The predicted octanol–water partition coefficient (Wildman–Crippen LogP) is 4.53. The molecule has 212 valence electrons. The second-order valence-corrected chi connectivity index (χ2v) is 11.5. The van der Waals surface area contributed by atoms with Gasteiger partial charge in [-0.05, 0) is 60.7 Å².